The van der Waals surface area contributed by atoms with Crippen LogP contribution in [0.4, 0.5) is 16.2 Å². The van der Waals surface area contributed by atoms with Crippen molar-refractivity contribution in [3.8, 4) is 0 Å². The quantitative estimate of drug-likeness (QED) is 0.568. The summed E-state index contributed by atoms with van der Waals surface area (Å²) in [4.78, 5) is 37.3. The molecule has 0 radical (unpaired) electrons. The van der Waals surface area contributed by atoms with Crippen LogP contribution >= 0.6 is 0 Å². The Kier molecular flexibility index (Phi) is 7.56. The summed E-state index contributed by atoms with van der Waals surface area (Å²) in [5.41, 5.74) is 2.71. The van der Waals surface area contributed by atoms with Gasteiger partial charge in [-0.05, 0) is 43.4 Å². The number of ether oxygens (including phenoxy) is 1. The molecule has 188 valence electrons. The van der Waals surface area contributed by atoms with E-state index in [1.165, 1.54) is 13.3 Å². The predicted octanol–water partition coefficient (Wildman–Crippen LogP) is 1.48. The van der Waals surface area contributed by atoms with Crippen LogP contribution in [0.15, 0.2) is 42.6 Å². The molecule has 10 nitrogen and oxygen atoms in total. The first kappa shape index (κ1) is 24.9. The van der Waals surface area contributed by atoms with E-state index in [2.05, 4.69) is 21.8 Å². The summed E-state index contributed by atoms with van der Waals surface area (Å²) in [7, 11) is 0.306. The molecule has 0 saturated carbocycles. The topological polar surface area (TPSA) is 103 Å². The summed E-state index contributed by atoms with van der Waals surface area (Å²) < 4.78 is 28.4. The van der Waals surface area contributed by atoms with Gasteiger partial charge in [0.25, 0.3) is 0 Å². The lowest BCUT2D eigenvalue weighted by Gasteiger charge is -2.35. The molecule has 0 spiro atoms. The molecule has 2 aromatic rings. The fourth-order valence-corrected chi connectivity index (χ4v) is 5.37. The van der Waals surface area contributed by atoms with Crippen molar-refractivity contribution in [2.45, 2.75) is 6.54 Å². The van der Waals surface area contributed by atoms with Crippen LogP contribution in [0.3, 0.4) is 0 Å². The third-order valence-electron chi connectivity index (χ3n) is 6.44. The van der Waals surface area contributed by atoms with Crippen LogP contribution in [-0.4, -0.2) is 100 Å². The number of esters is 1. The molecule has 2 fully saturated rings. The maximum atomic E-state index is 13.5. The Morgan fingerprint density at radius 3 is 2.20 bits per heavy atom. The van der Waals surface area contributed by atoms with Gasteiger partial charge in [-0.15, -0.1) is 0 Å². The molecule has 2 saturated heterocycles. The molecular formula is C24H31N5O5S. The highest BCUT2D eigenvalue weighted by atomic mass is 32.2. The van der Waals surface area contributed by atoms with Crippen molar-refractivity contribution in [2.75, 3.05) is 74.7 Å². The Labute approximate surface area is 206 Å². The standard InChI is InChI=1S/C24H31N5O5S/c1-26-9-11-27(12-10-26)21-5-7-22(8-6-21)29(24(31)28-13-15-35(32,33)16-14-28)18-20-4-3-19(17-25-20)23(30)34-2/h3-8,17H,9-16,18H2,1-2H3. The lowest BCUT2D eigenvalue weighted by atomic mass is 10.2. The highest BCUT2D eigenvalue weighted by Gasteiger charge is 2.29. The number of piperazine rings is 1. The van der Waals surface area contributed by atoms with Gasteiger partial charge in [0.2, 0.25) is 0 Å². The van der Waals surface area contributed by atoms with E-state index in [4.69, 9.17) is 4.74 Å². The number of carbonyl (C=O) groups excluding carboxylic acids is 2. The molecule has 2 amide bonds. The molecule has 35 heavy (non-hydrogen) atoms. The predicted molar refractivity (Wildman–Crippen MR) is 134 cm³/mol. The second-order valence-electron chi connectivity index (χ2n) is 8.84. The molecule has 0 unspecified atom stereocenters. The molecule has 3 heterocycles. The number of hydrogen-bond acceptors (Lipinski definition) is 8. The lowest BCUT2D eigenvalue weighted by molar-refractivity contribution is 0.0600. The number of hydrogen-bond donors (Lipinski definition) is 0. The van der Waals surface area contributed by atoms with Crippen molar-refractivity contribution >= 4 is 33.2 Å². The number of benzene rings is 1. The van der Waals surface area contributed by atoms with Gasteiger partial charge < -0.3 is 19.4 Å². The van der Waals surface area contributed by atoms with Crippen molar-refractivity contribution in [3.05, 3.63) is 53.9 Å². The molecule has 0 atom stereocenters. The largest absolute Gasteiger partial charge is 0.465 e. The maximum Gasteiger partial charge on any atom is 0.339 e. The molecule has 1 aromatic carbocycles. The van der Waals surface area contributed by atoms with Gasteiger partial charge in [0.1, 0.15) is 0 Å². The van der Waals surface area contributed by atoms with E-state index in [9.17, 15) is 18.0 Å². The molecular weight excluding hydrogens is 470 g/mol. The van der Waals surface area contributed by atoms with E-state index in [0.717, 1.165) is 31.9 Å². The van der Waals surface area contributed by atoms with Crippen molar-refractivity contribution in [3.63, 3.8) is 0 Å². The fraction of sp³-hybridized carbons (Fsp3) is 0.458. The molecule has 4 rings (SSSR count). The van der Waals surface area contributed by atoms with Crippen LogP contribution in [0.1, 0.15) is 16.1 Å². The average molecular weight is 502 g/mol. The van der Waals surface area contributed by atoms with Gasteiger partial charge >= 0.3 is 12.0 Å². The SMILES string of the molecule is COC(=O)c1ccc(CN(C(=O)N2CCS(=O)(=O)CC2)c2ccc(N3CCN(C)CC3)cc2)nc1. The minimum absolute atomic E-state index is 0.0407. The van der Waals surface area contributed by atoms with Crippen molar-refractivity contribution in [2.24, 2.45) is 0 Å². The number of sulfone groups is 1. The zero-order chi connectivity index (χ0) is 25.0. The number of likely N-dealkylation sites (N-methyl/N-ethyl adjacent to an activating group) is 1. The number of nitrogens with zero attached hydrogens (tertiary/aromatic N) is 5. The van der Waals surface area contributed by atoms with E-state index >= 15 is 0 Å². The fourth-order valence-electron chi connectivity index (χ4n) is 4.17. The van der Waals surface area contributed by atoms with Crippen LogP contribution in [0.25, 0.3) is 0 Å². The Morgan fingerprint density at radius 1 is 0.971 bits per heavy atom. The molecule has 0 N–H and O–H groups in total. The lowest BCUT2D eigenvalue weighted by Crippen LogP contribution is -2.49. The number of rotatable bonds is 5. The molecule has 11 heteroatoms. The van der Waals surface area contributed by atoms with E-state index < -0.39 is 15.8 Å². The Morgan fingerprint density at radius 2 is 1.63 bits per heavy atom. The summed E-state index contributed by atoms with van der Waals surface area (Å²) in [6, 6.07) is 10.9. The van der Waals surface area contributed by atoms with E-state index in [-0.39, 0.29) is 37.2 Å². The van der Waals surface area contributed by atoms with Gasteiger partial charge in [-0.2, -0.15) is 0 Å². The summed E-state index contributed by atoms with van der Waals surface area (Å²) >= 11 is 0. The van der Waals surface area contributed by atoms with Gasteiger partial charge in [-0.25, -0.2) is 18.0 Å². The monoisotopic (exact) mass is 501 g/mol. The Bertz CT molecular complexity index is 1130. The second-order valence-corrected chi connectivity index (χ2v) is 11.1. The third-order valence-corrected chi connectivity index (χ3v) is 8.05. The van der Waals surface area contributed by atoms with Crippen molar-refractivity contribution in [1.29, 1.82) is 0 Å². The third kappa shape index (κ3) is 6.09. The van der Waals surface area contributed by atoms with Crippen molar-refractivity contribution < 1.29 is 22.7 Å². The smallest absolute Gasteiger partial charge is 0.339 e. The number of aromatic nitrogens is 1. The maximum absolute atomic E-state index is 13.5. The highest BCUT2D eigenvalue weighted by Crippen LogP contribution is 2.25. The van der Waals surface area contributed by atoms with Gasteiger partial charge in [0, 0.05) is 56.8 Å². The van der Waals surface area contributed by atoms with Crippen LogP contribution in [0, 0.1) is 0 Å². The molecule has 2 aliphatic heterocycles. The zero-order valence-corrected chi connectivity index (χ0v) is 20.9. The van der Waals surface area contributed by atoms with Gasteiger partial charge in [-0.1, -0.05) is 0 Å². The van der Waals surface area contributed by atoms with E-state index in [0.29, 0.717) is 16.9 Å². The number of anilines is 2. The molecule has 0 bridgehead atoms. The number of carbonyl (C=O) groups is 2. The van der Waals surface area contributed by atoms with E-state index in [1.54, 1.807) is 21.9 Å². The van der Waals surface area contributed by atoms with Crippen LogP contribution in [-0.2, 0) is 21.1 Å². The van der Waals surface area contributed by atoms with Crippen LogP contribution in [0.2, 0.25) is 0 Å². The van der Waals surface area contributed by atoms with Gasteiger partial charge in [0.15, 0.2) is 9.84 Å². The molecule has 0 aliphatic carbocycles. The summed E-state index contributed by atoms with van der Waals surface area (Å²) in [6.45, 7) is 4.37. The van der Waals surface area contributed by atoms with Gasteiger partial charge in [0.05, 0.1) is 36.4 Å². The number of amides is 2. The number of methoxy groups -OCH3 is 1. The Balaban J connectivity index is 1.56. The average Bonchev–Trinajstić information content (AvgIpc) is 2.87. The van der Waals surface area contributed by atoms with Crippen molar-refractivity contribution in [1.82, 2.24) is 14.8 Å². The number of pyridine rings is 1. The first-order valence-corrected chi connectivity index (χ1v) is 13.4. The summed E-state index contributed by atoms with van der Waals surface area (Å²) in [5, 5.41) is 0. The summed E-state index contributed by atoms with van der Waals surface area (Å²) in [6.07, 6.45) is 1.42. The molecule has 1 aromatic heterocycles. The van der Waals surface area contributed by atoms with E-state index in [1.807, 2.05) is 24.3 Å². The van der Waals surface area contributed by atoms with Gasteiger partial charge in [-0.3, -0.25) is 9.88 Å². The van der Waals surface area contributed by atoms with Crippen LogP contribution in [0.5, 0.6) is 0 Å². The highest BCUT2D eigenvalue weighted by molar-refractivity contribution is 7.91. The minimum Gasteiger partial charge on any atom is -0.465 e. The minimum atomic E-state index is -3.11. The normalized spacial score (nSPS) is 18.2. The molecule has 2 aliphatic rings. The van der Waals surface area contributed by atoms with Crippen LogP contribution < -0.4 is 9.80 Å². The first-order chi connectivity index (χ1) is 16.8. The number of urea groups is 1. The summed E-state index contributed by atoms with van der Waals surface area (Å²) in [5.74, 6) is -0.562. The first-order valence-electron chi connectivity index (χ1n) is 11.6. The second kappa shape index (κ2) is 10.6. The zero-order valence-electron chi connectivity index (χ0n) is 20.1. The Hall–Kier alpha value is -3.18.